The van der Waals surface area contributed by atoms with Crippen molar-refractivity contribution in [1.82, 2.24) is 19.2 Å². The molecule has 1 aliphatic carbocycles. The van der Waals surface area contributed by atoms with Gasteiger partial charge in [0, 0.05) is 5.56 Å². The van der Waals surface area contributed by atoms with Gasteiger partial charge in [0.05, 0.1) is 11.6 Å². The average molecular weight is 375 g/mol. The molecule has 1 fully saturated rings. The Morgan fingerprint density at radius 2 is 2.08 bits per heavy atom. The number of carbonyl (C=O) groups is 1. The summed E-state index contributed by atoms with van der Waals surface area (Å²) in [6, 6.07) is 3.16. The third-order valence-corrected chi connectivity index (χ3v) is 4.48. The summed E-state index contributed by atoms with van der Waals surface area (Å²) in [5.74, 6) is -0.112. The van der Waals surface area contributed by atoms with E-state index in [1.54, 1.807) is 43.6 Å². The van der Waals surface area contributed by atoms with Crippen LogP contribution in [0.5, 0.6) is 0 Å². The lowest BCUT2D eigenvalue weighted by Crippen LogP contribution is -2.32. The summed E-state index contributed by atoms with van der Waals surface area (Å²) >= 11 is 6.01. The molecule has 0 atom stereocenters. The standard InChI is InChI=1S/C18H19ClN4O3/c1-18(2,3)26-14(24)9-22-16-12(10-4-5-10)8-20-23(16)15-11(17(22)25)6-7-13(19)21-15/h6-8,10H,4-5,9H2,1-3H3. The highest BCUT2D eigenvalue weighted by Gasteiger charge is 2.30. The molecular weight excluding hydrogens is 356 g/mol. The van der Waals surface area contributed by atoms with E-state index in [1.165, 1.54) is 4.57 Å². The van der Waals surface area contributed by atoms with Crippen molar-refractivity contribution in [3.8, 4) is 0 Å². The maximum absolute atomic E-state index is 13.1. The molecule has 0 saturated heterocycles. The van der Waals surface area contributed by atoms with Gasteiger partial charge < -0.3 is 4.74 Å². The van der Waals surface area contributed by atoms with Crippen LogP contribution in [0, 0.1) is 0 Å². The zero-order valence-electron chi connectivity index (χ0n) is 14.8. The first-order valence-corrected chi connectivity index (χ1v) is 8.91. The van der Waals surface area contributed by atoms with E-state index in [0.717, 1.165) is 18.4 Å². The zero-order chi connectivity index (χ0) is 18.6. The third kappa shape index (κ3) is 2.96. The summed E-state index contributed by atoms with van der Waals surface area (Å²) in [5, 5.41) is 5.06. The predicted octanol–water partition coefficient (Wildman–Crippen LogP) is 2.92. The fourth-order valence-corrected chi connectivity index (χ4v) is 3.25. The Morgan fingerprint density at radius 1 is 1.35 bits per heavy atom. The Hall–Kier alpha value is -2.41. The minimum Gasteiger partial charge on any atom is -0.459 e. The van der Waals surface area contributed by atoms with Crippen molar-refractivity contribution < 1.29 is 9.53 Å². The molecule has 7 nitrogen and oxygen atoms in total. The minimum atomic E-state index is -0.623. The van der Waals surface area contributed by atoms with Gasteiger partial charge in [-0.15, -0.1) is 0 Å². The monoisotopic (exact) mass is 374 g/mol. The molecule has 0 spiro atoms. The first-order valence-electron chi connectivity index (χ1n) is 8.53. The number of pyridine rings is 1. The maximum Gasteiger partial charge on any atom is 0.326 e. The Kier molecular flexibility index (Phi) is 3.80. The van der Waals surface area contributed by atoms with Crippen LogP contribution in [0.4, 0.5) is 0 Å². The van der Waals surface area contributed by atoms with Crippen molar-refractivity contribution in [2.24, 2.45) is 0 Å². The number of ether oxygens (including phenoxy) is 1. The van der Waals surface area contributed by atoms with Crippen LogP contribution >= 0.6 is 11.6 Å². The highest BCUT2D eigenvalue weighted by Crippen LogP contribution is 2.42. The van der Waals surface area contributed by atoms with Crippen LogP contribution in [0.25, 0.3) is 16.7 Å². The van der Waals surface area contributed by atoms with Gasteiger partial charge >= 0.3 is 5.97 Å². The maximum atomic E-state index is 13.1. The van der Waals surface area contributed by atoms with Crippen LogP contribution in [0.1, 0.15) is 45.1 Å². The number of nitrogens with zero attached hydrogens (tertiary/aromatic N) is 4. The van der Waals surface area contributed by atoms with E-state index in [2.05, 4.69) is 10.1 Å². The summed E-state index contributed by atoms with van der Waals surface area (Å²) < 4.78 is 8.44. The molecule has 0 unspecified atom stereocenters. The molecular formula is C18H19ClN4O3. The summed E-state index contributed by atoms with van der Waals surface area (Å²) in [6.45, 7) is 5.21. The molecule has 0 N–H and O–H groups in total. The number of hydrogen-bond donors (Lipinski definition) is 0. The van der Waals surface area contributed by atoms with Crippen LogP contribution in [0.3, 0.4) is 0 Å². The van der Waals surface area contributed by atoms with Crippen LogP contribution in [-0.4, -0.2) is 30.7 Å². The topological polar surface area (TPSA) is 78.5 Å². The van der Waals surface area contributed by atoms with Gasteiger partial charge in [0.25, 0.3) is 5.56 Å². The number of carbonyl (C=O) groups excluding carboxylic acids is 1. The van der Waals surface area contributed by atoms with Crippen LogP contribution < -0.4 is 5.56 Å². The summed E-state index contributed by atoms with van der Waals surface area (Å²) in [7, 11) is 0. The highest BCUT2D eigenvalue weighted by molar-refractivity contribution is 6.29. The molecule has 0 bridgehead atoms. The van der Waals surface area contributed by atoms with Crippen LogP contribution in [0.2, 0.25) is 5.15 Å². The van der Waals surface area contributed by atoms with E-state index < -0.39 is 11.6 Å². The van der Waals surface area contributed by atoms with Crippen molar-refractivity contribution in [3.63, 3.8) is 0 Å². The molecule has 3 aromatic rings. The van der Waals surface area contributed by atoms with Crippen molar-refractivity contribution in [2.45, 2.75) is 51.7 Å². The lowest BCUT2D eigenvalue weighted by atomic mass is 10.2. The minimum absolute atomic E-state index is 0.177. The Balaban J connectivity index is 1.95. The van der Waals surface area contributed by atoms with E-state index in [9.17, 15) is 9.59 Å². The Labute approximate surface area is 154 Å². The quantitative estimate of drug-likeness (QED) is 0.520. The smallest absolute Gasteiger partial charge is 0.326 e. The summed E-state index contributed by atoms with van der Waals surface area (Å²) in [4.78, 5) is 29.7. The second-order valence-corrected chi connectivity index (χ2v) is 7.98. The molecule has 26 heavy (non-hydrogen) atoms. The second kappa shape index (κ2) is 5.81. The number of esters is 1. The van der Waals surface area contributed by atoms with E-state index in [4.69, 9.17) is 16.3 Å². The molecule has 1 saturated carbocycles. The first kappa shape index (κ1) is 17.0. The Morgan fingerprint density at radius 3 is 2.73 bits per heavy atom. The molecule has 0 amide bonds. The lowest BCUT2D eigenvalue weighted by Gasteiger charge is -2.20. The van der Waals surface area contributed by atoms with E-state index in [1.807, 2.05) is 0 Å². The number of aromatic nitrogens is 4. The summed E-state index contributed by atoms with van der Waals surface area (Å²) in [6.07, 6.45) is 3.84. The van der Waals surface area contributed by atoms with Gasteiger partial charge in [-0.25, -0.2) is 4.98 Å². The van der Waals surface area contributed by atoms with Crippen LogP contribution in [-0.2, 0) is 16.1 Å². The third-order valence-electron chi connectivity index (χ3n) is 4.27. The van der Waals surface area contributed by atoms with Crippen molar-refractivity contribution in [2.75, 3.05) is 0 Å². The van der Waals surface area contributed by atoms with E-state index >= 15 is 0 Å². The predicted molar refractivity (Wildman–Crippen MR) is 97.6 cm³/mol. The molecule has 0 aliphatic heterocycles. The fourth-order valence-electron chi connectivity index (χ4n) is 3.11. The van der Waals surface area contributed by atoms with Gasteiger partial charge in [0.2, 0.25) is 0 Å². The van der Waals surface area contributed by atoms with Crippen molar-refractivity contribution in [1.29, 1.82) is 0 Å². The van der Waals surface area contributed by atoms with Crippen molar-refractivity contribution in [3.05, 3.63) is 39.4 Å². The van der Waals surface area contributed by atoms with Gasteiger partial charge in [0.15, 0.2) is 5.65 Å². The molecule has 4 rings (SSSR count). The lowest BCUT2D eigenvalue weighted by molar-refractivity contribution is -0.155. The summed E-state index contributed by atoms with van der Waals surface area (Å²) in [5.41, 5.74) is 1.01. The fraction of sp³-hybridized carbons (Fsp3) is 0.444. The van der Waals surface area contributed by atoms with Crippen LogP contribution in [0.15, 0.2) is 23.1 Å². The molecule has 0 aromatic carbocycles. The van der Waals surface area contributed by atoms with Gasteiger partial charge in [-0.3, -0.25) is 14.2 Å². The molecule has 0 radical (unpaired) electrons. The highest BCUT2D eigenvalue weighted by atomic mass is 35.5. The molecule has 8 heteroatoms. The number of halogens is 1. The second-order valence-electron chi connectivity index (χ2n) is 7.59. The van der Waals surface area contributed by atoms with Gasteiger partial charge in [-0.2, -0.15) is 9.61 Å². The van der Waals surface area contributed by atoms with Gasteiger partial charge in [0.1, 0.15) is 22.9 Å². The molecule has 3 heterocycles. The van der Waals surface area contributed by atoms with E-state index in [-0.39, 0.29) is 17.3 Å². The zero-order valence-corrected chi connectivity index (χ0v) is 15.6. The first-order chi connectivity index (χ1) is 12.2. The number of rotatable bonds is 3. The molecule has 1 aliphatic rings. The largest absolute Gasteiger partial charge is 0.459 e. The number of fused-ring (bicyclic) bond motifs is 3. The van der Waals surface area contributed by atoms with Gasteiger partial charge in [-0.1, -0.05) is 11.6 Å². The molecule has 136 valence electrons. The Bertz CT molecular complexity index is 1090. The normalized spacial score (nSPS) is 14.9. The number of hydrogen-bond acceptors (Lipinski definition) is 5. The van der Waals surface area contributed by atoms with Gasteiger partial charge in [-0.05, 0) is 51.7 Å². The average Bonchev–Trinajstić information content (AvgIpc) is 3.28. The molecule has 3 aromatic heterocycles. The van der Waals surface area contributed by atoms with E-state index in [0.29, 0.717) is 22.6 Å². The SMILES string of the molecule is CC(C)(C)OC(=O)Cn1c(=O)c2ccc(Cl)nc2n2ncc(C3CC3)c12. The van der Waals surface area contributed by atoms with Crippen molar-refractivity contribution >= 4 is 34.3 Å².